The Labute approximate surface area is 130 Å². The van der Waals surface area contributed by atoms with Crippen molar-refractivity contribution in [2.45, 2.75) is 19.8 Å². The van der Waals surface area contributed by atoms with Crippen LogP contribution >= 0.6 is 0 Å². The molecule has 1 aromatic heterocycles. The third-order valence-electron chi connectivity index (χ3n) is 4.05. The van der Waals surface area contributed by atoms with Crippen molar-refractivity contribution in [3.05, 3.63) is 36.7 Å². The van der Waals surface area contributed by atoms with E-state index >= 15 is 0 Å². The minimum Gasteiger partial charge on any atom is -0.393 e. The van der Waals surface area contributed by atoms with Crippen molar-refractivity contribution in [3.8, 4) is 0 Å². The fourth-order valence-corrected chi connectivity index (χ4v) is 2.61. The van der Waals surface area contributed by atoms with Gasteiger partial charge in [0.15, 0.2) is 11.6 Å². The van der Waals surface area contributed by atoms with Gasteiger partial charge >= 0.3 is 0 Å². The second kappa shape index (κ2) is 6.51. The van der Waals surface area contributed by atoms with Gasteiger partial charge < -0.3 is 10.6 Å². The first kappa shape index (κ1) is 14.4. The average molecular weight is 298 g/mol. The summed E-state index contributed by atoms with van der Waals surface area (Å²) in [5, 5.41) is 0. The molecule has 1 aliphatic rings. The van der Waals surface area contributed by atoms with Gasteiger partial charge in [0.1, 0.15) is 12.0 Å². The van der Waals surface area contributed by atoms with Crippen molar-refractivity contribution >= 4 is 23.0 Å². The molecule has 0 bridgehead atoms. The highest BCUT2D eigenvalue weighted by Crippen LogP contribution is 2.29. The highest BCUT2D eigenvalue weighted by Gasteiger charge is 2.20. The molecule has 0 radical (unpaired) electrons. The number of para-hydroxylation sites is 1. The number of benzene rings is 1. The van der Waals surface area contributed by atoms with E-state index in [1.165, 1.54) is 12.8 Å². The number of piperidine rings is 1. The zero-order valence-corrected chi connectivity index (χ0v) is 12.8. The van der Waals surface area contributed by atoms with Gasteiger partial charge in [-0.05, 0) is 30.9 Å². The summed E-state index contributed by atoms with van der Waals surface area (Å²) in [7, 11) is 0. The van der Waals surface area contributed by atoms with Gasteiger partial charge in [0.05, 0.1) is 5.69 Å². The van der Waals surface area contributed by atoms with Gasteiger partial charge in [0.25, 0.3) is 0 Å². The summed E-state index contributed by atoms with van der Waals surface area (Å²) in [6.45, 7) is 4.28. The minimum absolute atomic E-state index is 0.584. The smallest absolute Gasteiger partial charge is 0.173 e. The topological polar surface area (TPSA) is 79.1 Å². The third-order valence-corrected chi connectivity index (χ3v) is 4.05. The second-order valence-electron chi connectivity index (χ2n) is 5.75. The molecule has 6 heteroatoms. The number of nitrogens with two attached hydrogens (primary N) is 1. The van der Waals surface area contributed by atoms with E-state index < -0.39 is 0 Å². The molecule has 0 atom stereocenters. The summed E-state index contributed by atoms with van der Waals surface area (Å²) in [6, 6.07) is 9.84. The maximum atomic E-state index is 6.24. The van der Waals surface area contributed by atoms with Crippen LogP contribution < -0.4 is 21.5 Å². The van der Waals surface area contributed by atoms with Crippen LogP contribution in [0.3, 0.4) is 0 Å². The van der Waals surface area contributed by atoms with Crippen LogP contribution in [0.25, 0.3) is 0 Å². The van der Waals surface area contributed by atoms with E-state index in [0.717, 1.165) is 30.5 Å². The molecule has 0 unspecified atom stereocenters. The summed E-state index contributed by atoms with van der Waals surface area (Å²) in [6.07, 6.45) is 3.90. The largest absolute Gasteiger partial charge is 0.393 e. The maximum absolute atomic E-state index is 6.24. The number of hydrazine groups is 1. The fourth-order valence-electron chi connectivity index (χ4n) is 2.61. The van der Waals surface area contributed by atoms with Gasteiger partial charge in [-0.3, -0.25) is 10.9 Å². The number of hydrogen-bond acceptors (Lipinski definition) is 6. The Balaban J connectivity index is 1.71. The molecular formula is C16H22N6. The van der Waals surface area contributed by atoms with E-state index in [1.807, 2.05) is 30.3 Å². The lowest BCUT2D eigenvalue weighted by molar-refractivity contribution is 0.437. The minimum atomic E-state index is 0.584. The molecule has 2 heterocycles. The van der Waals surface area contributed by atoms with E-state index in [0.29, 0.717) is 11.5 Å². The van der Waals surface area contributed by atoms with Gasteiger partial charge in [-0.2, -0.15) is 0 Å². The van der Waals surface area contributed by atoms with Crippen LogP contribution in [0.1, 0.15) is 19.8 Å². The first-order chi connectivity index (χ1) is 10.7. The molecule has 3 rings (SSSR count). The van der Waals surface area contributed by atoms with E-state index in [4.69, 9.17) is 5.73 Å². The van der Waals surface area contributed by atoms with E-state index in [2.05, 4.69) is 32.6 Å². The van der Waals surface area contributed by atoms with Crippen LogP contribution in [0.2, 0.25) is 0 Å². The maximum Gasteiger partial charge on any atom is 0.173 e. The Morgan fingerprint density at radius 2 is 1.82 bits per heavy atom. The molecule has 0 saturated carbocycles. The molecule has 1 aromatic carbocycles. The normalized spacial score (nSPS) is 15.6. The number of rotatable bonds is 4. The zero-order valence-electron chi connectivity index (χ0n) is 12.8. The first-order valence-electron chi connectivity index (χ1n) is 7.66. The van der Waals surface area contributed by atoms with Crippen LogP contribution in [0, 0.1) is 5.92 Å². The lowest BCUT2D eigenvalue weighted by Gasteiger charge is -2.32. The van der Waals surface area contributed by atoms with E-state index in [-0.39, 0.29) is 0 Å². The molecular weight excluding hydrogens is 276 g/mol. The second-order valence-corrected chi connectivity index (χ2v) is 5.75. The standard InChI is InChI=1S/C16H22N6/c1-12-7-9-22(10-8-12)16-14(17)15(18-11-19-16)21-20-13-5-3-2-4-6-13/h2-6,11-12,20H,7-10,17H2,1H3,(H,18,19,21). The molecule has 22 heavy (non-hydrogen) atoms. The van der Waals surface area contributed by atoms with Crippen molar-refractivity contribution in [1.82, 2.24) is 9.97 Å². The Morgan fingerprint density at radius 1 is 1.09 bits per heavy atom. The molecule has 0 amide bonds. The Morgan fingerprint density at radius 3 is 2.55 bits per heavy atom. The Bertz CT molecular complexity index is 607. The molecule has 0 spiro atoms. The number of nitrogen functional groups attached to an aromatic ring is 1. The summed E-state index contributed by atoms with van der Waals surface area (Å²) >= 11 is 0. The van der Waals surface area contributed by atoms with Crippen LogP contribution in [-0.4, -0.2) is 23.1 Å². The van der Waals surface area contributed by atoms with Crippen molar-refractivity contribution in [1.29, 1.82) is 0 Å². The lowest BCUT2D eigenvalue weighted by atomic mass is 9.99. The number of hydrogen-bond donors (Lipinski definition) is 3. The van der Waals surface area contributed by atoms with E-state index in [1.54, 1.807) is 6.33 Å². The van der Waals surface area contributed by atoms with Gasteiger partial charge in [-0.1, -0.05) is 25.1 Å². The summed E-state index contributed by atoms with van der Waals surface area (Å²) in [4.78, 5) is 10.8. The van der Waals surface area contributed by atoms with Crippen molar-refractivity contribution in [2.24, 2.45) is 5.92 Å². The van der Waals surface area contributed by atoms with Crippen LogP contribution in [-0.2, 0) is 0 Å². The molecule has 1 fully saturated rings. The molecule has 6 nitrogen and oxygen atoms in total. The molecule has 116 valence electrons. The van der Waals surface area contributed by atoms with Crippen molar-refractivity contribution in [3.63, 3.8) is 0 Å². The average Bonchev–Trinajstić information content (AvgIpc) is 2.56. The molecule has 1 aliphatic heterocycles. The summed E-state index contributed by atoms with van der Waals surface area (Å²) in [5.41, 5.74) is 13.9. The first-order valence-corrected chi connectivity index (χ1v) is 7.66. The lowest BCUT2D eigenvalue weighted by Crippen LogP contribution is -2.34. The predicted molar refractivity (Wildman–Crippen MR) is 90.7 cm³/mol. The van der Waals surface area contributed by atoms with Crippen molar-refractivity contribution < 1.29 is 0 Å². The number of nitrogens with zero attached hydrogens (tertiary/aromatic N) is 3. The van der Waals surface area contributed by atoms with Gasteiger partial charge in [-0.25, -0.2) is 9.97 Å². The Kier molecular flexibility index (Phi) is 4.27. The molecule has 4 N–H and O–H groups in total. The van der Waals surface area contributed by atoms with Crippen LogP contribution in [0.4, 0.5) is 23.0 Å². The fraction of sp³-hybridized carbons (Fsp3) is 0.375. The monoisotopic (exact) mass is 298 g/mol. The predicted octanol–water partition coefficient (Wildman–Crippen LogP) is 2.73. The Hall–Kier alpha value is -2.50. The highest BCUT2D eigenvalue weighted by molar-refractivity contribution is 5.75. The number of nitrogens with one attached hydrogen (secondary N) is 2. The van der Waals surface area contributed by atoms with E-state index in [9.17, 15) is 0 Å². The van der Waals surface area contributed by atoms with Crippen LogP contribution in [0.5, 0.6) is 0 Å². The third kappa shape index (κ3) is 3.21. The van der Waals surface area contributed by atoms with Gasteiger partial charge in [0, 0.05) is 13.1 Å². The van der Waals surface area contributed by atoms with Gasteiger partial charge in [0.2, 0.25) is 0 Å². The quantitative estimate of drug-likeness (QED) is 0.753. The summed E-state index contributed by atoms with van der Waals surface area (Å²) in [5.74, 6) is 2.20. The summed E-state index contributed by atoms with van der Waals surface area (Å²) < 4.78 is 0. The van der Waals surface area contributed by atoms with Crippen molar-refractivity contribution in [2.75, 3.05) is 34.6 Å². The highest BCUT2D eigenvalue weighted by atomic mass is 15.4. The SMILES string of the molecule is CC1CCN(c2ncnc(NNc3ccccc3)c2N)CC1. The zero-order chi connectivity index (χ0) is 15.4. The molecule has 0 aliphatic carbocycles. The number of aromatic nitrogens is 2. The van der Waals surface area contributed by atoms with Crippen LogP contribution in [0.15, 0.2) is 36.7 Å². The number of anilines is 4. The molecule has 2 aromatic rings. The molecule has 1 saturated heterocycles. The van der Waals surface area contributed by atoms with Gasteiger partial charge in [-0.15, -0.1) is 0 Å².